The molecule has 1 heterocycles. The number of aromatic amines is 1. The Morgan fingerprint density at radius 1 is 1.39 bits per heavy atom. The van der Waals surface area contributed by atoms with Crippen molar-refractivity contribution in [1.29, 1.82) is 0 Å². The predicted octanol–water partition coefficient (Wildman–Crippen LogP) is 1.90. The quantitative estimate of drug-likeness (QED) is 0.823. The Morgan fingerprint density at radius 3 is 2.78 bits per heavy atom. The van der Waals surface area contributed by atoms with Gasteiger partial charge < -0.3 is 10.3 Å². The maximum Gasteiger partial charge on any atom is 0.251 e. The van der Waals surface area contributed by atoms with Crippen LogP contribution in [0.1, 0.15) is 36.0 Å². The first-order valence-corrected chi connectivity index (χ1v) is 6.70. The second kappa shape index (κ2) is 6.05. The molecule has 1 aromatic heterocycles. The maximum atomic E-state index is 11.8. The van der Waals surface area contributed by atoms with Gasteiger partial charge in [-0.15, -0.1) is 11.6 Å². The van der Waals surface area contributed by atoms with Crippen LogP contribution in [0, 0.1) is 5.92 Å². The molecule has 0 saturated heterocycles. The number of pyridine rings is 1. The second-order valence-electron chi connectivity index (χ2n) is 4.77. The summed E-state index contributed by atoms with van der Waals surface area (Å²) in [7, 11) is 0. The summed E-state index contributed by atoms with van der Waals surface area (Å²) in [5.74, 6) is 0.319. The van der Waals surface area contributed by atoms with E-state index >= 15 is 0 Å². The van der Waals surface area contributed by atoms with Crippen LogP contribution in [0.15, 0.2) is 23.1 Å². The van der Waals surface area contributed by atoms with Crippen molar-refractivity contribution in [2.24, 2.45) is 5.92 Å². The van der Waals surface area contributed by atoms with Gasteiger partial charge in [-0.05, 0) is 37.7 Å². The third kappa shape index (κ3) is 3.60. The Bertz CT molecular complexity index is 464. The van der Waals surface area contributed by atoms with Gasteiger partial charge in [0, 0.05) is 29.7 Å². The second-order valence-corrected chi connectivity index (χ2v) is 5.39. The summed E-state index contributed by atoms with van der Waals surface area (Å²) in [4.78, 5) is 25.4. The summed E-state index contributed by atoms with van der Waals surface area (Å²) >= 11 is 6.03. The van der Waals surface area contributed by atoms with Crippen LogP contribution in [0.3, 0.4) is 0 Å². The fourth-order valence-corrected chi connectivity index (χ4v) is 2.50. The highest BCUT2D eigenvalue weighted by Crippen LogP contribution is 2.26. The summed E-state index contributed by atoms with van der Waals surface area (Å²) in [6.07, 6.45) is 5.64. The third-order valence-electron chi connectivity index (χ3n) is 3.36. The molecule has 1 fully saturated rings. The largest absolute Gasteiger partial charge is 0.352 e. The number of hydrogen-bond donors (Lipinski definition) is 2. The number of aromatic nitrogens is 1. The van der Waals surface area contributed by atoms with E-state index in [1.807, 2.05) is 0 Å². The van der Waals surface area contributed by atoms with Crippen molar-refractivity contribution < 1.29 is 4.79 Å². The van der Waals surface area contributed by atoms with Gasteiger partial charge in [0.25, 0.3) is 5.91 Å². The molecule has 1 amide bonds. The lowest BCUT2D eigenvalue weighted by molar-refractivity contribution is 0.0943. The fourth-order valence-electron chi connectivity index (χ4n) is 2.25. The van der Waals surface area contributed by atoms with Crippen molar-refractivity contribution in [1.82, 2.24) is 10.3 Å². The summed E-state index contributed by atoms with van der Waals surface area (Å²) in [6, 6.07) is 2.91. The average molecular weight is 269 g/mol. The van der Waals surface area contributed by atoms with Crippen LogP contribution in [-0.2, 0) is 0 Å². The molecule has 1 aliphatic rings. The van der Waals surface area contributed by atoms with Crippen LogP contribution >= 0.6 is 11.6 Å². The highest BCUT2D eigenvalue weighted by molar-refractivity contribution is 6.20. The van der Waals surface area contributed by atoms with E-state index < -0.39 is 0 Å². The topological polar surface area (TPSA) is 62.0 Å². The van der Waals surface area contributed by atoms with Gasteiger partial charge in [0.15, 0.2) is 0 Å². The molecule has 0 bridgehead atoms. The van der Waals surface area contributed by atoms with E-state index in [0.717, 1.165) is 25.7 Å². The molecule has 98 valence electrons. The molecule has 18 heavy (non-hydrogen) atoms. The minimum atomic E-state index is -0.259. The number of H-pyrrole nitrogens is 1. The third-order valence-corrected chi connectivity index (χ3v) is 3.80. The zero-order valence-electron chi connectivity index (χ0n) is 10.1. The van der Waals surface area contributed by atoms with Gasteiger partial charge >= 0.3 is 0 Å². The first-order valence-electron chi connectivity index (χ1n) is 6.26. The highest BCUT2D eigenvalue weighted by Gasteiger charge is 2.20. The van der Waals surface area contributed by atoms with Crippen LogP contribution in [0.5, 0.6) is 0 Å². The molecule has 0 aromatic carbocycles. The van der Waals surface area contributed by atoms with Gasteiger partial charge in [-0.2, -0.15) is 0 Å². The van der Waals surface area contributed by atoms with Gasteiger partial charge in [0.2, 0.25) is 5.56 Å². The molecule has 1 saturated carbocycles. The molecule has 0 atom stereocenters. The molecular weight excluding hydrogens is 252 g/mol. The number of alkyl halides is 1. The summed E-state index contributed by atoms with van der Waals surface area (Å²) < 4.78 is 0. The Morgan fingerprint density at radius 2 is 2.11 bits per heavy atom. The van der Waals surface area contributed by atoms with E-state index in [1.54, 1.807) is 6.07 Å². The Hall–Kier alpha value is -1.29. The predicted molar refractivity (Wildman–Crippen MR) is 71.0 cm³/mol. The van der Waals surface area contributed by atoms with E-state index in [1.165, 1.54) is 12.3 Å². The number of amides is 1. The van der Waals surface area contributed by atoms with Crippen molar-refractivity contribution in [2.75, 3.05) is 6.54 Å². The van der Waals surface area contributed by atoms with Crippen LogP contribution < -0.4 is 10.9 Å². The van der Waals surface area contributed by atoms with Crippen molar-refractivity contribution >= 4 is 17.5 Å². The van der Waals surface area contributed by atoms with Crippen LogP contribution in [0.4, 0.5) is 0 Å². The SMILES string of the molecule is O=C(NCC1CCC(Cl)CC1)c1cc[nH]c(=O)c1. The van der Waals surface area contributed by atoms with E-state index in [4.69, 9.17) is 11.6 Å². The van der Waals surface area contributed by atoms with Gasteiger partial charge in [-0.3, -0.25) is 9.59 Å². The highest BCUT2D eigenvalue weighted by atomic mass is 35.5. The van der Waals surface area contributed by atoms with Gasteiger partial charge in [0.1, 0.15) is 0 Å². The Balaban J connectivity index is 1.83. The molecule has 2 rings (SSSR count). The number of halogens is 1. The van der Waals surface area contributed by atoms with Crippen LogP contribution in [0.25, 0.3) is 0 Å². The average Bonchev–Trinajstić information content (AvgIpc) is 2.38. The minimum absolute atomic E-state index is 0.186. The maximum absolute atomic E-state index is 11.8. The normalized spacial score (nSPS) is 23.6. The van der Waals surface area contributed by atoms with Gasteiger partial charge in [-0.1, -0.05) is 0 Å². The molecule has 2 N–H and O–H groups in total. The van der Waals surface area contributed by atoms with Crippen molar-refractivity contribution in [3.8, 4) is 0 Å². The lowest BCUT2D eigenvalue weighted by Gasteiger charge is -2.25. The first kappa shape index (κ1) is 13.1. The first-order chi connectivity index (χ1) is 8.65. The molecule has 0 unspecified atom stereocenters. The van der Waals surface area contributed by atoms with Crippen LogP contribution in [-0.4, -0.2) is 22.8 Å². The molecule has 1 aliphatic carbocycles. The zero-order chi connectivity index (χ0) is 13.0. The molecular formula is C13H17ClN2O2. The Labute approximate surface area is 111 Å². The number of rotatable bonds is 3. The van der Waals surface area contributed by atoms with Crippen LogP contribution in [0.2, 0.25) is 0 Å². The van der Waals surface area contributed by atoms with E-state index in [9.17, 15) is 9.59 Å². The van der Waals surface area contributed by atoms with Gasteiger partial charge in [-0.25, -0.2) is 0 Å². The standard InChI is InChI=1S/C13H17ClN2O2/c14-11-3-1-9(2-4-11)8-16-13(18)10-5-6-15-12(17)7-10/h5-7,9,11H,1-4,8H2,(H,15,17)(H,16,18). The van der Waals surface area contributed by atoms with E-state index in [2.05, 4.69) is 10.3 Å². The summed E-state index contributed by atoms with van der Waals surface area (Å²) in [5, 5.41) is 3.17. The smallest absolute Gasteiger partial charge is 0.251 e. The number of nitrogens with one attached hydrogen (secondary N) is 2. The van der Waals surface area contributed by atoms with E-state index in [0.29, 0.717) is 23.4 Å². The van der Waals surface area contributed by atoms with Crippen molar-refractivity contribution in [3.63, 3.8) is 0 Å². The zero-order valence-corrected chi connectivity index (χ0v) is 10.9. The minimum Gasteiger partial charge on any atom is -0.352 e. The number of hydrogen-bond acceptors (Lipinski definition) is 2. The molecule has 0 spiro atoms. The molecule has 1 aromatic rings. The monoisotopic (exact) mass is 268 g/mol. The molecule has 0 aliphatic heterocycles. The number of carbonyl (C=O) groups is 1. The van der Waals surface area contributed by atoms with E-state index in [-0.39, 0.29) is 11.5 Å². The molecule has 0 radical (unpaired) electrons. The lowest BCUT2D eigenvalue weighted by atomic mass is 9.89. The summed E-state index contributed by atoms with van der Waals surface area (Å²) in [6.45, 7) is 0.662. The molecule has 5 heteroatoms. The van der Waals surface area contributed by atoms with Gasteiger partial charge in [0.05, 0.1) is 0 Å². The summed E-state index contributed by atoms with van der Waals surface area (Å²) in [5.41, 5.74) is 0.148. The Kier molecular flexibility index (Phi) is 4.42. The van der Waals surface area contributed by atoms with Crippen molar-refractivity contribution in [3.05, 3.63) is 34.2 Å². The molecule has 4 nitrogen and oxygen atoms in total. The number of carbonyl (C=O) groups excluding carboxylic acids is 1. The fraction of sp³-hybridized carbons (Fsp3) is 0.538. The lowest BCUT2D eigenvalue weighted by Crippen LogP contribution is -2.31. The van der Waals surface area contributed by atoms with Crippen molar-refractivity contribution in [2.45, 2.75) is 31.1 Å².